The van der Waals surface area contributed by atoms with Gasteiger partial charge in [0.05, 0.1) is 5.52 Å². The zero-order chi connectivity index (χ0) is 13.1. The molecule has 0 aliphatic rings. The highest BCUT2D eigenvalue weighted by molar-refractivity contribution is 5.93. The molecule has 0 radical (unpaired) electrons. The van der Waals surface area contributed by atoms with Crippen LogP contribution in [0.3, 0.4) is 0 Å². The van der Waals surface area contributed by atoms with Gasteiger partial charge in [-0.2, -0.15) is 0 Å². The van der Waals surface area contributed by atoms with Crippen LogP contribution in [0.5, 0.6) is 0 Å². The summed E-state index contributed by atoms with van der Waals surface area (Å²) in [6.07, 6.45) is 1.73. The van der Waals surface area contributed by atoms with Crippen LogP contribution in [0.25, 0.3) is 10.9 Å². The Hall–Kier alpha value is -2.10. The standard InChI is InChI=1S/C14H17N3O/c1-9(2)13(14(15)18)17-12-7-8-16-11-6-4-3-5-10(11)12/h3-9,13H,1-2H3,(H2,15,18)(H,16,17). The molecule has 0 fully saturated rings. The van der Waals surface area contributed by atoms with Crippen molar-refractivity contribution in [3.8, 4) is 0 Å². The molecule has 4 nitrogen and oxygen atoms in total. The minimum Gasteiger partial charge on any atom is -0.373 e. The van der Waals surface area contributed by atoms with Gasteiger partial charge < -0.3 is 11.1 Å². The Bertz CT molecular complexity index is 560. The lowest BCUT2D eigenvalue weighted by molar-refractivity contribution is -0.119. The highest BCUT2D eigenvalue weighted by Crippen LogP contribution is 2.22. The molecule has 1 amide bonds. The van der Waals surface area contributed by atoms with E-state index in [1.807, 2.05) is 44.2 Å². The average Bonchev–Trinajstić information content (AvgIpc) is 2.35. The Labute approximate surface area is 106 Å². The van der Waals surface area contributed by atoms with Crippen molar-refractivity contribution in [1.29, 1.82) is 0 Å². The SMILES string of the molecule is CC(C)C(Nc1ccnc2ccccc12)C(N)=O. The third-order valence-corrected chi connectivity index (χ3v) is 2.93. The molecule has 94 valence electrons. The number of para-hydroxylation sites is 1. The van der Waals surface area contributed by atoms with E-state index < -0.39 is 0 Å². The van der Waals surface area contributed by atoms with Crippen molar-refractivity contribution in [2.75, 3.05) is 5.32 Å². The van der Waals surface area contributed by atoms with Crippen molar-refractivity contribution in [3.05, 3.63) is 36.5 Å². The van der Waals surface area contributed by atoms with Crippen molar-refractivity contribution in [1.82, 2.24) is 4.98 Å². The summed E-state index contributed by atoms with van der Waals surface area (Å²) in [5.41, 5.74) is 7.20. The molecule has 2 aromatic rings. The highest BCUT2D eigenvalue weighted by Gasteiger charge is 2.19. The highest BCUT2D eigenvalue weighted by atomic mass is 16.1. The summed E-state index contributed by atoms with van der Waals surface area (Å²) in [5, 5.41) is 4.20. The van der Waals surface area contributed by atoms with E-state index in [4.69, 9.17) is 5.73 Å². The molecule has 3 N–H and O–H groups in total. The predicted molar refractivity (Wildman–Crippen MR) is 73.2 cm³/mol. The van der Waals surface area contributed by atoms with Crippen LogP contribution in [-0.2, 0) is 4.79 Å². The second-order valence-electron chi connectivity index (χ2n) is 4.64. The summed E-state index contributed by atoms with van der Waals surface area (Å²) < 4.78 is 0. The Morgan fingerprint density at radius 3 is 2.67 bits per heavy atom. The van der Waals surface area contributed by atoms with Gasteiger partial charge in [-0.05, 0) is 18.1 Å². The first-order valence-electron chi connectivity index (χ1n) is 5.99. The quantitative estimate of drug-likeness (QED) is 0.864. The molecule has 0 aliphatic carbocycles. The van der Waals surface area contributed by atoms with Gasteiger partial charge in [-0.3, -0.25) is 9.78 Å². The lowest BCUT2D eigenvalue weighted by atomic mass is 10.0. The van der Waals surface area contributed by atoms with Gasteiger partial charge in [-0.15, -0.1) is 0 Å². The van der Waals surface area contributed by atoms with Crippen LogP contribution in [-0.4, -0.2) is 16.9 Å². The normalized spacial score (nSPS) is 12.6. The molecule has 0 spiro atoms. The minimum atomic E-state index is -0.379. The van der Waals surface area contributed by atoms with Crippen molar-refractivity contribution in [2.45, 2.75) is 19.9 Å². The number of fused-ring (bicyclic) bond motifs is 1. The fourth-order valence-electron chi connectivity index (χ4n) is 1.96. The maximum absolute atomic E-state index is 11.4. The topological polar surface area (TPSA) is 68.0 Å². The predicted octanol–water partition coefficient (Wildman–Crippen LogP) is 2.16. The number of anilines is 1. The van der Waals surface area contributed by atoms with E-state index in [-0.39, 0.29) is 17.9 Å². The summed E-state index contributed by atoms with van der Waals surface area (Å²) in [4.78, 5) is 15.7. The number of nitrogens with one attached hydrogen (secondary N) is 1. The molecule has 0 saturated heterocycles. The van der Waals surface area contributed by atoms with Gasteiger partial charge in [-0.25, -0.2) is 0 Å². The molecular formula is C14H17N3O. The molecule has 18 heavy (non-hydrogen) atoms. The molecule has 2 rings (SSSR count). The van der Waals surface area contributed by atoms with E-state index in [0.717, 1.165) is 16.6 Å². The Morgan fingerprint density at radius 1 is 1.28 bits per heavy atom. The van der Waals surface area contributed by atoms with Crippen molar-refractivity contribution in [2.24, 2.45) is 11.7 Å². The second kappa shape index (κ2) is 5.04. The van der Waals surface area contributed by atoms with Gasteiger partial charge in [-0.1, -0.05) is 32.0 Å². The number of nitrogens with zero attached hydrogens (tertiary/aromatic N) is 1. The largest absolute Gasteiger partial charge is 0.373 e. The fourth-order valence-corrected chi connectivity index (χ4v) is 1.96. The van der Waals surface area contributed by atoms with Crippen LogP contribution >= 0.6 is 0 Å². The van der Waals surface area contributed by atoms with Gasteiger partial charge in [0.25, 0.3) is 0 Å². The van der Waals surface area contributed by atoms with Crippen LogP contribution in [0, 0.1) is 5.92 Å². The number of aromatic nitrogens is 1. The van der Waals surface area contributed by atoms with Crippen molar-refractivity contribution >= 4 is 22.5 Å². The molecule has 1 unspecified atom stereocenters. The second-order valence-corrected chi connectivity index (χ2v) is 4.64. The van der Waals surface area contributed by atoms with Crippen LogP contribution in [0.4, 0.5) is 5.69 Å². The first-order valence-corrected chi connectivity index (χ1v) is 5.99. The van der Waals surface area contributed by atoms with E-state index in [0.29, 0.717) is 0 Å². The fraction of sp³-hybridized carbons (Fsp3) is 0.286. The molecule has 1 heterocycles. The number of hydrogen-bond acceptors (Lipinski definition) is 3. The Balaban J connectivity index is 2.39. The monoisotopic (exact) mass is 243 g/mol. The number of benzene rings is 1. The Morgan fingerprint density at radius 2 is 2.00 bits per heavy atom. The van der Waals surface area contributed by atoms with E-state index in [1.54, 1.807) is 6.20 Å². The maximum Gasteiger partial charge on any atom is 0.240 e. The number of hydrogen-bond donors (Lipinski definition) is 2. The lowest BCUT2D eigenvalue weighted by Gasteiger charge is -2.21. The summed E-state index contributed by atoms with van der Waals surface area (Å²) in [7, 11) is 0. The molecule has 1 aromatic carbocycles. The summed E-state index contributed by atoms with van der Waals surface area (Å²) >= 11 is 0. The van der Waals surface area contributed by atoms with Gasteiger partial charge in [0, 0.05) is 17.3 Å². The molecular weight excluding hydrogens is 226 g/mol. The van der Waals surface area contributed by atoms with Crippen LogP contribution in [0.15, 0.2) is 36.5 Å². The van der Waals surface area contributed by atoms with E-state index in [9.17, 15) is 4.79 Å². The number of carbonyl (C=O) groups excluding carboxylic acids is 1. The van der Waals surface area contributed by atoms with Crippen LogP contribution < -0.4 is 11.1 Å². The van der Waals surface area contributed by atoms with Gasteiger partial charge >= 0.3 is 0 Å². The smallest absolute Gasteiger partial charge is 0.240 e. The zero-order valence-corrected chi connectivity index (χ0v) is 10.6. The average molecular weight is 243 g/mol. The molecule has 1 aromatic heterocycles. The number of nitrogens with two attached hydrogens (primary N) is 1. The maximum atomic E-state index is 11.4. The van der Waals surface area contributed by atoms with Gasteiger partial charge in [0.1, 0.15) is 6.04 Å². The summed E-state index contributed by atoms with van der Waals surface area (Å²) in [6.45, 7) is 3.93. The molecule has 1 atom stereocenters. The number of rotatable bonds is 4. The molecule has 0 saturated carbocycles. The van der Waals surface area contributed by atoms with Crippen LogP contribution in [0.1, 0.15) is 13.8 Å². The van der Waals surface area contributed by atoms with Gasteiger partial charge in [0.2, 0.25) is 5.91 Å². The van der Waals surface area contributed by atoms with Crippen molar-refractivity contribution < 1.29 is 4.79 Å². The summed E-state index contributed by atoms with van der Waals surface area (Å²) in [5.74, 6) is -0.208. The third kappa shape index (κ3) is 2.42. The van der Waals surface area contributed by atoms with Gasteiger partial charge in [0.15, 0.2) is 0 Å². The zero-order valence-electron chi connectivity index (χ0n) is 10.6. The first-order chi connectivity index (χ1) is 8.59. The van der Waals surface area contributed by atoms with Crippen molar-refractivity contribution in [3.63, 3.8) is 0 Å². The van der Waals surface area contributed by atoms with E-state index >= 15 is 0 Å². The molecule has 0 aliphatic heterocycles. The third-order valence-electron chi connectivity index (χ3n) is 2.93. The number of amides is 1. The summed E-state index contributed by atoms with van der Waals surface area (Å²) in [6, 6.07) is 9.28. The number of pyridine rings is 1. The minimum absolute atomic E-state index is 0.134. The van der Waals surface area contributed by atoms with Crippen LogP contribution in [0.2, 0.25) is 0 Å². The molecule has 4 heteroatoms. The Kier molecular flexibility index (Phi) is 3.46. The molecule has 0 bridgehead atoms. The lowest BCUT2D eigenvalue weighted by Crippen LogP contribution is -2.39. The first kappa shape index (κ1) is 12.4. The van der Waals surface area contributed by atoms with E-state index in [2.05, 4.69) is 10.3 Å². The number of primary amides is 1. The van der Waals surface area contributed by atoms with E-state index in [1.165, 1.54) is 0 Å². The number of carbonyl (C=O) groups is 1.